The van der Waals surface area contributed by atoms with Crippen LogP contribution in [0.1, 0.15) is 20.3 Å². The van der Waals surface area contributed by atoms with Crippen LogP contribution >= 0.6 is 0 Å². The Kier molecular flexibility index (Phi) is 9.45. The largest absolute Gasteiger partial charge is 0.416 e. The van der Waals surface area contributed by atoms with E-state index in [1.165, 1.54) is 12.1 Å². The van der Waals surface area contributed by atoms with Gasteiger partial charge >= 0.3 is 0 Å². The van der Waals surface area contributed by atoms with Crippen LogP contribution in [0.4, 0.5) is 0 Å². The molecule has 0 bridgehead atoms. The summed E-state index contributed by atoms with van der Waals surface area (Å²) < 4.78 is 11.6. The maximum absolute atomic E-state index is 9.30. The molecule has 0 aromatic rings. The summed E-state index contributed by atoms with van der Waals surface area (Å²) in [6, 6.07) is 2.43. The van der Waals surface area contributed by atoms with E-state index in [4.69, 9.17) is 14.9 Å². The van der Waals surface area contributed by atoms with Crippen LogP contribution in [0.15, 0.2) is 0 Å². The minimum Gasteiger partial charge on any atom is -0.416 e. The first-order chi connectivity index (χ1) is 9.08. The van der Waals surface area contributed by atoms with Crippen LogP contribution < -0.4 is 5.73 Å². The number of nitrogens with two attached hydrogens (primary N) is 1. The van der Waals surface area contributed by atoms with Crippen molar-refractivity contribution >= 4 is 17.1 Å². The molecular weight excluding hydrogens is 286 g/mol. The van der Waals surface area contributed by atoms with Crippen molar-refractivity contribution in [2.75, 3.05) is 19.8 Å². The molecule has 0 aliphatic carbocycles. The highest BCUT2D eigenvalue weighted by molar-refractivity contribution is 6.77. The molecule has 0 heterocycles. The summed E-state index contributed by atoms with van der Waals surface area (Å²) in [5.41, 5.74) is 5.35. The Labute approximate surface area is 127 Å². The van der Waals surface area contributed by atoms with Crippen molar-refractivity contribution < 1.29 is 14.3 Å². The van der Waals surface area contributed by atoms with Gasteiger partial charge in [0, 0.05) is 18.8 Å². The molecule has 20 heavy (non-hydrogen) atoms. The molecule has 0 aromatic carbocycles. The number of ether oxygens (including phenoxy) is 1. The van der Waals surface area contributed by atoms with Gasteiger partial charge in [0.1, 0.15) is 0 Å². The number of aliphatic hydroxyl groups is 1. The first-order valence-corrected chi connectivity index (χ1v) is 13.9. The van der Waals surface area contributed by atoms with E-state index in [0.717, 1.165) is 6.42 Å². The zero-order chi connectivity index (χ0) is 15.8. The number of hydrogen-bond donors (Lipinski definition) is 2. The lowest BCUT2D eigenvalue weighted by Gasteiger charge is -2.35. The third-order valence-electron chi connectivity index (χ3n) is 3.18. The van der Waals surface area contributed by atoms with Gasteiger partial charge in [-0.25, -0.2) is 0 Å². The van der Waals surface area contributed by atoms with Crippen LogP contribution in [0.25, 0.3) is 0 Å². The van der Waals surface area contributed by atoms with E-state index in [1.807, 2.05) is 0 Å². The highest BCUT2D eigenvalue weighted by Crippen LogP contribution is 2.28. The van der Waals surface area contributed by atoms with E-state index < -0.39 is 23.2 Å². The Morgan fingerprint density at radius 1 is 1.30 bits per heavy atom. The van der Waals surface area contributed by atoms with Crippen molar-refractivity contribution in [2.45, 2.75) is 70.2 Å². The molecule has 1 unspecified atom stereocenters. The van der Waals surface area contributed by atoms with Crippen molar-refractivity contribution in [1.82, 2.24) is 0 Å². The highest BCUT2D eigenvalue weighted by atomic mass is 28.3. The number of rotatable bonds is 11. The maximum Gasteiger partial charge on any atom is 0.171 e. The lowest BCUT2D eigenvalue weighted by molar-refractivity contribution is 0.0415. The summed E-state index contributed by atoms with van der Waals surface area (Å²) in [7, 11) is -2.24. The Morgan fingerprint density at radius 3 is 2.40 bits per heavy atom. The Bertz CT molecular complexity index is 261. The average Bonchev–Trinajstić information content (AvgIpc) is 2.24. The van der Waals surface area contributed by atoms with Crippen molar-refractivity contribution in [3.8, 4) is 0 Å². The van der Waals surface area contributed by atoms with E-state index in [9.17, 15) is 5.11 Å². The fourth-order valence-corrected chi connectivity index (χ4v) is 8.05. The third kappa shape index (κ3) is 11.0. The van der Waals surface area contributed by atoms with Gasteiger partial charge in [0.05, 0.1) is 20.8 Å². The van der Waals surface area contributed by atoms with E-state index in [1.54, 1.807) is 0 Å². The topological polar surface area (TPSA) is 64.7 Å². The molecule has 0 radical (unpaired) electrons. The molecule has 0 saturated heterocycles. The predicted octanol–water partition coefficient (Wildman–Crippen LogP) is 2.20. The first-order valence-electron chi connectivity index (χ1n) is 7.72. The summed E-state index contributed by atoms with van der Waals surface area (Å²) >= 11 is 0. The lowest BCUT2D eigenvalue weighted by Crippen LogP contribution is -2.40. The quantitative estimate of drug-likeness (QED) is 0.452. The van der Waals surface area contributed by atoms with E-state index in [2.05, 4.69) is 40.0 Å². The molecular formula is C14H35NO3Si2. The predicted molar refractivity (Wildman–Crippen MR) is 91.6 cm³/mol. The average molecular weight is 322 g/mol. The molecule has 0 aliphatic heterocycles. The normalized spacial score (nSPS) is 14.8. The van der Waals surface area contributed by atoms with Gasteiger partial charge in [-0.3, -0.25) is 0 Å². The minimum absolute atomic E-state index is 0.0205. The molecule has 4 nitrogen and oxygen atoms in total. The van der Waals surface area contributed by atoms with Gasteiger partial charge in [-0.2, -0.15) is 0 Å². The van der Waals surface area contributed by atoms with Gasteiger partial charge in [0.15, 0.2) is 9.04 Å². The SMILES string of the molecule is C[SiH](C)OC(C)(C)C[Si](C)(C)CCCOCC(O)CN. The third-order valence-corrected chi connectivity index (χ3v) is 7.81. The van der Waals surface area contributed by atoms with Gasteiger partial charge in [0.2, 0.25) is 0 Å². The van der Waals surface area contributed by atoms with Crippen LogP contribution in [0.5, 0.6) is 0 Å². The molecule has 0 aromatic heterocycles. The second-order valence-electron chi connectivity index (χ2n) is 7.34. The Morgan fingerprint density at radius 2 is 1.90 bits per heavy atom. The Balaban J connectivity index is 3.95. The van der Waals surface area contributed by atoms with Crippen LogP contribution in [-0.2, 0) is 9.16 Å². The zero-order valence-electron chi connectivity index (χ0n) is 14.2. The van der Waals surface area contributed by atoms with Crippen LogP contribution in [0.3, 0.4) is 0 Å². The Hall–Kier alpha value is 0.274. The second kappa shape index (κ2) is 9.32. The number of hydrogen-bond acceptors (Lipinski definition) is 4. The summed E-state index contributed by atoms with van der Waals surface area (Å²) in [6.45, 7) is 15.1. The number of aliphatic hydroxyl groups excluding tert-OH is 1. The van der Waals surface area contributed by atoms with Gasteiger partial charge in [-0.1, -0.05) is 19.1 Å². The van der Waals surface area contributed by atoms with Crippen LogP contribution in [0, 0.1) is 0 Å². The smallest absolute Gasteiger partial charge is 0.171 e. The zero-order valence-corrected chi connectivity index (χ0v) is 16.4. The monoisotopic (exact) mass is 321 g/mol. The molecule has 0 spiro atoms. The molecule has 0 amide bonds. The summed E-state index contributed by atoms with van der Waals surface area (Å²) in [6.07, 6.45) is 0.537. The summed E-state index contributed by atoms with van der Waals surface area (Å²) in [5.74, 6) is 0. The molecule has 1 atom stereocenters. The van der Waals surface area contributed by atoms with E-state index >= 15 is 0 Å². The maximum atomic E-state index is 9.30. The summed E-state index contributed by atoms with van der Waals surface area (Å²) in [5, 5.41) is 9.30. The van der Waals surface area contributed by atoms with Gasteiger partial charge in [-0.05, 0) is 39.4 Å². The van der Waals surface area contributed by atoms with Crippen molar-refractivity contribution in [3.05, 3.63) is 0 Å². The van der Waals surface area contributed by atoms with Crippen LogP contribution in [-0.4, -0.2) is 53.7 Å². The minimum atomic E-state index is -1.26. The molecule has 0 rings (SSSR count). The van der Waals surface area contributed by atoms with Gasteiger partial charge in [-0.15, -0.1) is 0 Å². The van der Waals surface area contributed by atoms with E-state index in [-0.39, 0.29) is 12.1 Å². The van der Waals surface area contributed by atoms with Crippen molar-refractivity contribution in [2.24, 2.45) is 5.73 Å². The van der Waals surface area contributed by atoms with Gasteiger partial charge < -0.3 is 20.0 Å². The lowest BCUT2D eigenvalue weighted by atomic mass is 10.2. The summed E-state index contributed by atoms with van der Waals surface area (Å²) in [4.78, 5) is 0. The van der Waals surface area contributed by atoms with Crippen molar-refractivity contribution in [3.63, 3.8) is 0 Å². The molecule has 0 aliphatic rings. The highest BCUT2D eigenvalue weighted by Gasteiger charge is 2.31. The molecule has 0 saturated carbocycles. The van der Waals surface area contributed by atoms with Crippen molar-refractivity contribution in [1.29, 1.82) is 0 Å². The first kappa shape index (κ1) is 20.3. The standard InChI is InChI=1S/C14H35NO3Si2/c1-14(2,18-19(3)4)12-20(5,6)9-7-8-17-11-13(16)10-15/h13,16,19H,7-12,15H2,1-6H3. The fraction of sp³-hybridized carbons (Fsp3) is 1.00. The van der Waals surface area contributed by atoms with Crippen LogP contribution in [0.2, 0.25) is 38.3 Å². The molecule has 6 heteroatoms. The molecule has 3 N–H and O–H groups in total. The fourth-order valence-electron chi connectivity index (χ4n) is 2.86. The van der Waals surface area contributed by atoms with E-state index in [0.29, 0.717) is 13.2 Å². The molecule has 122 valence electrons. The van der Waals surface area contributed by atoms with Gasteiger partial charge in [0.25, 0.3) is 0 Å². The molecule has 0 fully saturated rings. The second-order valence-corrected chi connectivity index (χ2v) is 14.9.